The molecule has 1 aromatic rings. The Kier molecular flexibility index (Phi) is 2.92. The topological polar surface area (TPSA) is 61.8 Å². The van der Waals surface area contributed by atoms with Crippen LogP contribution >= 0.6 is 0 Å². The van der Waals surface area contributed by atoms with Crippen molar-refractivity contribution in [3.63, 3.8) is 0 Å². The van der Waals surface area contributed by atoms with Crippen molar-refractivity contribution in [2.45, 2.75) is 25.6 Å². The molecule has 5 heteroatoms. The Balaban J connectivity index is 2.25. The zero-order valence-electron chi connectivity index (χ0n) is 12.4. The van der Waals surface area contributed by atoms with Crippen LogP contribution < -0.4 is 0 Å². The molecule has 0 radical (unpaired) electrons. The van der Waals surface area contributed by atoms with E-state index in [2.05, 4.69) is 0 Å². The second-order valence-corrected chi connectivity index (χ2v) is 5.39. The van der Waals surface area contributed by atoms with Gasteiger partial charge in [0.25, 0.3) is 0 Å². The molecule has 0 saturated carbocycles. The van der Waals surface area contributed by atoms with E-state index in [0.717, 1.165) is 16.7 Å². The van der Waals surface area contributed by atoms with Crippen LogP contribution in [0.5, 0.6) is 0 Å². The van der Waals surface area contributed by atoms with E-state index in [9.17, 15) is 9.59 Å². The van der Waals surface area contributed by atoms with E-state index in [4.69, 9.17) is 14.2 Å². The van der Waals surface area contributed by atoms with Crippen molar-refractivity contribution in [2.75, 3.05) is 14.2 Å². The summed E-state index contributed by atoms with van der Waals surface area (Å²) in [7, 11) is 2.57. The highest BCUT2D eigenvalue weighted by Crippen LogP contribution is 2.58. The predicted molar refractivity (Wildman–Crippen MR) is 73.4 cm³/mol. The van der Waals surface area contributed by atoms with E-state index < -0.39 is 23.6 Å². The second kappa shape index (κ2) is 4.43. The van der Waals surface area contributed by atoms with Crippen LogP contribution in [0, 0.1) is 6.92 Å². The lowest BCUT2D eigenvalue weighted by Crippen LogP contribution is -2.29. The minimum Gasteiger partial charge on any atom is -0.466 e. The zero-order valence-corrected chi connectivity index (χ0v) is 12.4. The van der Waals surface area contributed by atoms with E-state index in [0.29, 0.717) is 0 Å². The van der Waals surface area contributed by atoms with Gasteiger partial charge in [0.05, 0.1) is 25.4 Å². The van der Waals surface area contributed by atoms with Gasteiger partial charge < -0.3 is 14.2 Å². The van der Waals surface area contributed by atoms with E-state index in [1.807, 2.05) is 25.1 Å². The van der Waals surface area contributed by atoms with Gasteiger partial charge in [0.1, 0.15) is 11.7 Å². The van der Waals surface area contributed by atoms with E-state index in [1.54, 1.807) is 6.92 Å². The second-order valence-electron chi connectivity index (χ2n) is 5.39. The highest BCUT2D eigenvalue weighted by atomic mass is 16.6. The molecule has 2 unspecified atom stereocenters. The maximum Gasteiger partial charge on any atom is 0.337 e. The molecule has 110 valence electrons. The maximum atomic E-state index is 12.1. The number of benzene rings is 1. The van der Waals surface area contributed by atoms with Gasteiger partial charge in [-0.05, 0) is 25.0 Å². The Morgan fingerprint density at radius 3 is 2.48 bits per heavy atom. The third-order valence-corrected chi connectivity index (χ3v) is 4.16. The molecule has 0 aromatic heterocycles. The molecule has 0 N–H and O–H groups in total. The Labute approximate surface area is 122 Å². The number of hydrogen-bond acceptors (Lipinski definition) is 5. The zero-order chi connectivity index (χ0) is 15.4. The first-order chi connectivity index (χ1) is 9.93. The molecular weight excluding hydrogens is 272 g/mol. The summed E-state index contributed by atoms with van der Waals surface area (Å²) in [6, 6.07) is 5.87. The van der Waals surface area contributed by atoms with Crippen LogP contribution in [0.2, 0.25) is 0 Å². The van der Waals surface area contributed by atoms with Crippen LogP contribution in [-0.2, 0) is 29.4 Å². The fraction of sp³-hybridized carbons (Fsp3) is 0.375. The third kappa shape index (κ3) is 1.67. The van der Waals surface area contributed by atoms with Crippen molar-refractivity contribution >= 4 is 11.9 Å². The van der Waals surface area contributed by atoms with Crippen molar-refractivity contribution in [3.05, 3.63) is 46.0 Å². The summed E-state index contributed by atoms with van der Waals surface area (Å²) in [4.78, 5) is 24.3. The van der Waals surface area contributed by atoms with Gasteiger partial charge >= 0.3 is 11.9 Å². The fourth-order valence-corrected chi connectivity index (χ4v) is 3.22. The summed E-state index contributed by atoms with van der Waals surface area (Å²) in [5.41, 5.74) is 2.38. The van der Waals surface area contributed by atoms with Crippen LogP contribution in [0.25, 0.3) is 0 Å². The smallest absolute Gasteiger partial charge is 0.337 e. The average Bonchev–Trinajstić information content (AvgIpc) is 2.93. The van der Waals surface area contributed by atoms with Gasteiger partial charge in [-0.2, -0.15) is 0 Å². The van der Waals surface area contributed by atoms with Crippen LogP contribution in [-0.4, -0.2) is 26.2 Å². The average molecular weight is 288 g/mol. The molecule has 5 nitrogen and oxygen atoms in total. The number of fused-ring (bicyclic) bond motifs is 5. The number of ether oxygens (including phenoxy) is 3. The van der Waals surface area contributed by atoms with Gasteiger partial charge in [0.2, 0.25) is 0 Å². The monoisotopic (exact) mass is 288 g/mol. The van der Waals surface area contributed by atoms with Crippen molar-refractivity contribution in [1.29, 1.82) is 0 Å². The highest BCUT2D eigenvalue weighted by Gasteiger charge is 2.57. The van der Waals surface area contributed by atoms with Gasteiger partial charge in [-0.25, -0.2) is 9.59 Å². The molecule has 0 fully saturated rings. The lowest BCUT2D eigenvalue weighted by molar-refractivity contribution is -0.139. The number of aryl methyl sites for hydroxylation is 1. The number of methoxy groups -OCH3 is 2. The molecule has 0 saturated heterocycles. The van der Waals surface area contributed by atoms with Crippen LogP contribution in [0.4, 0.5) is 0 Å². The number of hydrogen-bond donors (Lipinski definition) is 0. The summed E-state index contributed by atoms with van der Waals surface area (Å²) >= 11 is 0. The molecule has 0 amide bonds. The molecule has 0 aliphatic carbocycles. The lowest BCUT2D eigenvalue weighted by Gasteiger charge is -2.25. The lowest BCUT2D eigenvalue weighted by atomic mass is 9.78. The third-order valence-electron chi connectivity index (χ3n) is 4.16. The van der Waals surface area contributed by atoms with Crippen molar-refractivity contribution in [2.24, 2.45) is 0 Å². The standard InChI is InChI=1S/C16H16O5/c1-8-5-6-10-9(7-8)13-11(14(17)19-3)12(15(18)20-4)16(10,2)21-13/h5-7,13H,1-4H3. The molecule has 2 bridgehead atoms. The summed E-state index contributed by atoms with van der Waals surface area (Å²) in [6.45, 7) is 3.75. The Bertz CT molecular complexity index is 688. The van der Waals surface area contributed by atoms with E-state index in [-0.39, 0.29) is 11.1 Å². The largest absolute Gasteiger partial charge is 0.466 e. The molecule has 0 spiro atoms. The Morgan fingerprint density at radius 2 is 1.86 bits per heavy atom. The van der Waals surface area contributed by atoms with E-state index in [1.165, 1.54) is 14.2 Å². The van der Waals surface area contributed by atoms with E-state index >= 15 is 0 Å². The minimum absolute atomic E-state index is 0.234. The molecule has 2 atom stereocenters. The SMILES string of the molecule is COC(=O)C1=C(C(=O)OC)C2(C)OC1c1cc(C)ccc12. The molecule has 3 rings (SSSR count). The molecule has 21 heavy (non-hydrogen) atoms. The van der Waals surface area contributed by atoms with Gasteiger partial charge in [0.15, 0.2) is 0 Å². The summed E-state index contributed by atoms with van der Waals surface area (Å²) < 4.78 is 15.6. The number of rotatable bonds is 2. The normalized spacial score (nSPS) is 25.8. The number of esters is 2. The highest BCUT2D eigenvalue weighted by molar-refractivity contribution is 6.04. The quantitative estimate of drug-likeness (QED) is 0.778. The van der Waals surface area contributed by atoms with Crippen LogP contribution in [0.3, 0.4) is 0 Å². The van der Waals surface area contributed by atoms with Crippen LogP contribution in [0.1, 0.15) is 29.7 Å². The molecular formula is C16H16O5. The minimum atomic E-state index is -0.968. The Hall–Kier alpha value is -2.14. The van der Waals surface area contributed by atoms with Crippen molar-refractivity contribution in [3.8, 4) is 0 Å². The Morgan fingerprint density at radius 1 is 1.19 bits per heavy atom. The molecule has 2 heterocycles. The summed E-state index contributed by atoms with van der Waals surface area (Å²) in [6.07, 6.45) is -0.577. The van der Waals surface area contributed by atoms with Crippen molar-refractivity contribution < 1.29 is 23.8 Å². The van der Waals surface area contributed by atoms with Crippen LogP contribution in [0.15, 0.2) is 29.3 Å². The summed E-state index contributed by atoms with van der Waals surface area (Å²) in [5, 5.41) is 0. The number of carbonyl (C=O) groups is 2. The predicted octanol–water partition coefficient (Wildman–Crippen LogP) is 1.94. The van der Waals surface area contributed by atoms with Gasteiger partial charge in [0, 0.05) is 0 Å². The molecule has 1 aromatic carbocycles. The molecule has 2 aliphatic heterocycles. The van der Waals surface area contributed by atoms with Gasteiger partial charge in [-0.15, -0.1) is 0 Å². The maximum absolute atomic E-state index is 12.1. The first kappa shape index (κ1) is 13.8. The number of carbonyl (C=O) groups excluding carboxylic acids is 2. The fourth-order valence-electron chi connectivity index (χ4n) is 3.22. The van der Waals surface area contributed by atoms with Gasteiger partial charge in [-0.1, -0.05) is 23.8 Å². The van der Waals surface area contributed by atoms with Crippen molar-refractivity contribution in [1.82, 2.24) is 0 Å². The van der Waals surface area contributed by atoms with Gasteiger partial charge in [-0.3, -0.25) is 0 Å². The molecule has 2 aliphatic rings. The first-order valence-corrected chi connectivity index (χ1v) is 6.64. The first-order valence-electron chi connectivity index (χ1n) is 6.64. The summed E-state index contributed by atoms with van der Waals surface area (Å²) in [5.74, 6) is -1.12.